The Kier molecular flexibility index (Phi) is 4.70. The predicted octanol–water partition coefficient (Wildman–Crippen LogP) is 3.43. The molecule has 0 aromatic heterocycles. The highest BCUT2D eigenvalue weighted by molar-refractivity contribution is 9.10. The lowest BCUT2D eigenvalue weighted by atomic mass is 10.1. The normalized spacial score (nSPS) is 11.2. The highest BCUT2D eigenvalue weighted by atomic mass is 79.9. The molecule has 0 saturated carbocycles. The molecular formula is C12H15BrFNO3. The van der Waals surface area contributed by atoms with Crippen molar-refractivity contribution >= 4 is 27.7 Å². The van der Waals surface area contributed by atoms with Gasteiger partial charge in [0.1, 0.15) is 11.4 Å². The van der Waals surface area contributed by atoms with E-state index in [0.717, 1.165) is 0 Å². The summed E-state index contributed by atoms with van der Waals surface area (Å²) in [7, 11) is 0. The minimum absolute atomic E-state index is 0.00948. The minimum atomic E-state index is -0.695. The summed E-state index contributed by atoms with van der Waals surface area (Å²) in [4.78, 5) is 11.5. The van der Waals surface area contributed by atoms with Crippen molar-refractivity contribution in [3.8, 4) is 0 Å². The Hall–Kier alpha value is -1.14. The fourth-order valence-corrected chi connectivity index (χ4v) is 1.65. The zero-order valence-electron chi connectivity index (χ0n) is 10.4. The third kappa shape index (κ3) is 3.96. The quantitative estimate of drug-likeness (QED) is 0.878. The van der Waals surface area contributed by atoms with Crippen molar-refractivity contribution in [1.29, 1.82) is 0 Å². The largest absolute Gasteiger partial charge is 0.444 e. The van der Waals surface area contributed by atoms with Crippen LogP contribution >= 0.6 is 15.9 Å². The first-order valence-electron chi connectivity index (χ1n) is 5.32. The molecule has 2 N–H and O–H groups in total. The zero-order chi connectivity index (χ0) is 13.9. The Morgan fingerprint density at radius 2 is 2.11 bits per heavy atom. The van der Waals surface area contributed by atoms with E-state index in [2.05, 4.69) is 21.2 Å². The number of hydrogen-bond acceptors (Lipinski definition) is 3. The molecule has 0 aliphatic carbocycles. The van der Waals surface area contributed by atoms with Crippen molar-refractivity contribution in [3.63, 3.8) is 0 Å². The number of nitrogens with one attached hydrogen (secondary N) is 1. The summed E-state index contributed by atoms with van der Waals surface area (Å²) < 4.78 is 18.9. The van der Waals surface area contributed by atoms with Crippen molar-refractivity contribution in [2.24, 2.45) is 0 Å². The van der Waals surface area contributed by atoms with E-state index in [0.29, 0.717) is 0 Å². The number of carbonyl (C=O) groups is 1. The van der Waals surface area contributed by atoms with Crippen LogP contribution < -0.4 is 5.32 Å². The second kappa shape index (κ2) is 5.67. The molecule has 0 heterocycles. The van der Waals surface area contributed by atoms with Crippen molar-refractivity contribution in [1.82, 2.24) is 0 Å². The molecule has 1 aromatic rings. The standard InChI is InChI=1S/C12H15BrFNO3/c1-12(2,3)18-11(17)15-9-5-4-8(13)10(14)7(9)6-16/h4-5,16H,6H2,1-3H3,(H,15,17). The fourth-order valence-electron chi connectivity index (χ4n) is 1.28. The number of hydrogen-bond donors (Lipinski definition) is 2. The van der Waals surface area contributed by atoms with Crippen molar-refractivity contribution < 1.29 is 19.0 Å². The van der Waals surface area contributed by atoms with Crippen LogP contribution in [0.3, 0.4) is 0 Å². The Morgan fingerprint density at radius 3 is 2.61 bits per heavy atom. The average molecular weight is 320 g/mol. The van der Waals surface area contributed by atoms with Gasteiger partial charge < -0.3 is 9.84 Å². The monoisotopic (exact) mass is 319 g/mol. The Balaban J connectivity index is 2.92. The second-order valence-electron chi connectivity index (χ2n) is 4.67. The summed E-state index contributed by atoms with van der Waals surface area (Å²) in [5.41, 5.74) is -0.445. The molecule has 1 rings (SSSR count). The molecule has 18 heavy (non-hydrogen) atoms. The molecule has 0 aliphatic heterocycles. The van der Waals surface area contributed by atoms with Crippen LogP contribution in [0.5, 0.6) is 0 Å². The van der Waals surface area contributed by atoms with Gasteiger partial charge in [0.25, 0.3) is 0 Å². The van der Waals surface area contributed by atoms with E-state index in [1.807, 2.05) is 0 Å². The maximum Gasteiger partial charge on any atom is 0.412 e. The summed E-state index contributed by atoms with van der Waals surface area (Å²) >= 11 is 3.01. The smallest absolute Gasteiger partial charge is 0.412 e. The summed E-state index contributed by atoms with van der Waals surface area (Å²) in [6.45, 7) is 4.65. The fraction of sp³-hybridized carbons (Fsp3) is 0.417. The number of ether oxygens (including phenoxy) is 1. The molecule has 0 aliphatic rings. The molecule has 100 valence electrons. The molecule has 0 fully saturated rings. The minimum Gasteiger partial charge on any atom is -0.444 e. The van der Waals surface area contributed by atoms with Gasteiger partial charge in [-0.15, -0.1) is 0 Å². The number of amides is 1. The molecule has 6 heteroatoms. The summed E-state index contributed by atoms with van der Waals surface area (Å²) in [5.74, 6) is -0.606. The zero-order valence-corrected chi connectivity index (χ0v) is 12.0. The third-order valence-corrected chi connectivity index (χ3v) is 2.60. The van der Waals surface area contributed by atoms with E-state index >= 15 is 0 Å². The van der Waals surface area contributed by atoms with Gasteiger partial charge in [0.05, 0.1) is 16.8 Å². The number of carbonyl (C=O) groups excluding carboxylic acids is 1. The van der Waals surface area contributed by atoms with Crippen LogP contribution in [0.15, 0.2) is 16.6 Å². The maximum absolute atomic E-state index is 13.7. The van der Waals surface area contributed by atoms with Crippen LogP contribution in [0.1, 0.15) is 26.3 Å². The maximum atomic E-state index is 13.7. The van der Waals surface area contributed by atoms with Gasteiger partial charge in [0.2, 0.25) is 0 Å². The van der Waals surface area contributed by atoms with E-state index in [9.17, 15) is 9.18 Å². The van der Waals surface area contributed by atoms with Crippen LogP contribution in [0.25, 0.3) is 0 Å². The SMILES string of the molecule is CC(C)(C)OC(=O)Nc1ccc(Br)c(F)c1CO. The van der Waals surface area contributed by atoms with Crippen LogP contribution in [0, 0.1) is 5.82 Å². The molecule has 4 nitrogen and oxygen atoms in total. The van der Waals surface area contributed by atoms with Gasteiger partial charge in [0.15, 0.2) is 0 Å². The first-order valence-corrected chi connectivity index (χ1v) is 6.11. The van der Waals surface area contributed by atoms with E-state index in [-0.39, 0.29) is 15.7 Å². The molecular weight excluding hydrogens is 305 g/mol. The molecule has 1 aromatic carbocycles. The Morgan fingerprint density at radius 1 is 1.50 bits per heavy atom. The summed E-state index contributed by atoms with van der Waals surface area (Å²) in [5, 5.41) is 11.5. The van der Waals surface area contributed by atoms with E-state index in [1.165, 1.54) is 12.1 Å². The van der Waals surface area contributed by atoms with Crippen LogP contribution in [-0.4, -0.2) is 16.8 Å². The van der Waals surface area contributed by atoms with Crippen LogP contribution in [-0.2, 0) is 11.3 Å². The molecule has 1 amide bonds. The highest BCUT2D eigenvalue weighted by Gasteiger charge is 2.18. The number of rotatable bonds is 2. The Labute approximate surface area is 113 Å². The van der Waals surface area contributed by atoms with Gasteiger partial charge in [-0.05, 0) is 48.8 Å². The molecule has 0 radical (unpaired) electrons. The van der Waals surface area contributed by atoms with Gasteiger partial charge in [0, 0.05) is 5.56 Å². The van der Waals surface area contributed by atoms with Crippen molar-refractivity contribution in [2.75, 3.05) is 5.32 Å². The van der Waals surface area contributed by atoms with Gasteiger partial charge in [-0.2, -0.15) is 0 Å². The Bertz CT molecular complexity index is 457. The van der Waals surface area contributed by atoms with Gasteiger partial charge in [-0.1, -0.05) is 0 Å². The lowest BCUT2D eigenvalue weighted by Crippen LogP contribution is -2.27. The number of aliphatic hydroxyl groups is 1. The molecule has 0 atom stereocenters. The van der Waals surface area contributed by atoms with Crippen LogP contribution in [0.4, 0.5) is 14.9 Å². The van der Waals surface area contributed by atoms with E-state index < -0.39 is 24.1 Å². The second-order valence-corrected chi connectivity index (χ2v) is 5.53. The first-order chi connectivity index (χ1) is 8.24. The molecule has 0 bridgehead atoms. The van der Waals surface area contributed by atoms with Crippen LogP contribution in [0.2, 0.25) is 0 Å². The predicted molar refractivity (Wildman–Crippen MR) is 69.9 cm³/mol. The first kappa shape index (κ1) is 14.9. The lowest BCUT2D eigenvalue weighted by Gasteiger charge is -2.20. The van der Waals surface area contributed by atoms with E-state index in [4.69, 9.17) is 9.84 Å². The van der Waals surface area contributed by atoms with Gasteiger partial charge >= 0.3 is 6.09 Å². The average Bonchev–Trinajstić information content (AvgIpc) is 2.21. The number of benzene rings is 1. The number of anilines is 1. The third-order valence-electron chi connectivity index (χ3n) is 1.99. The van der Waals surface area contributed by atoms with Crippen molar-refractivity contribution in [3.05, 3.63) is 28.0 Å². The van der Waals surface area contributed by atoms with Gasteiger partial charge in [-0.3, -0.25) is 5.32 Å². The van der Waals surface area contributed by atoms with Crippen molar-refractivity contribution in [2.45, 2.75) is 33.0 Å². The number of aliphatic hydroxyl groups excluding tert-OH is 1. The lowest BCUT2D eigenvalue weighted by molar-refractivity contribution is 0.0635. The van der Waals surface area contributed by atoms with Gasteiger partial charge in [-0.25, -0.2) is 9.18 Å². The highest BCUT2D eigenvalue weighted by Crippen LogP contribution is 2.26. The summed E-state index contributed by atoms with van der Waals surface area (Å²) in [6, 6.07) is 2.93. The molecule has 0 unspecified atom stereocenters. The summed E-state index contributed by atoms with van der Waals surface area (Å²) in [6.07, 6.45) is -0.695. The topological polar surface area (TPSA) is 58.6 Å². The molecule has 0 saturated heterocycles. The molecule has 0 spiro atoms. The number of halogens is 2. The van der Waals surface area contributed by atoms with E-state index in [1.54, 1.807) is 20.8 Å².